The molecule has 1 aromatic heterocycles. The van der Waals surface area contributed by atoms with E-state index in [1.807, 2.05) is 42.7 Å². The topological polar surface area (TPSA) is 159 Å². The number of amides is 5. The fourth-order valence-corrected chi connectivity index (χ4v) is 9.62. The second-order valence-corrected chi connectivity index (χ2v) is 19.7. The second-order valence-electron chi connectivity index (χ2n) is 18.8. The number of likely N-dealkylation sites (N-methyl/N-ethyl adjacent to an activating group) is 2. The van der Waals surface area contributed by atoms with Crippen LogP contribution in [0.1, 0.15) is 68.8 Å². The lowest BCUT2D eigenvalue weighted by atomic mass is 9.87. The van der Waals surface area contributed by atoms with Crippen LogP contribution in [-0.2, 0) is 55.3 Å². The van der Waals surface area contributed by atoms with E-state index in [4.69, 9.17) is 32.7 Å². The maximum Gasteiger partial charge on any atom is 0.301 e. The van der Waals surface area contributed by atoms with Crippen LogP contribution < -0.4 is 15.4 Å². The van der Waals surface area contributed by atoms with Crippen molar-refractivity contribution < 1.29 is 46.6 Å². The average Bonchev–Trinajstić information content (AvgIpc) is 3.70. The minimum absolute atomic E-state index is 0.176. The fraction of sp³-hybridized carbons (Fsp3) is 0.462. The van der Waals surface area contributed by atoms with Gasteiger partial charge in [-0.1, -0.05) is 54.2 Å². The molecule has 1 aliphatic heterocycles. The van der Waals surface area contributed by atoms with Gasteiger partial charge in [0.05, 0.1) is 43.5 Å². The first-order valence-electron chi connectivity index (χ1n) is 23.8. The first kappa shape index (κ1) is 55.4. The molecule has 1 aliphatic carbocycles. The van der Waals surface area contributed by atoms with E-state index in [0.717, 1.165) is 27.5 Å². The molecule has 6 rings (SSSR count). The lowest BCUT2D eigenvalue weighted by molar-refractivity contribution is -0.147. The van der Waals surface area contributed by atoms with Gasteiger partial charge in [-0.3, -0.25) is 24.0 Å². The van der Waals surface area contributed by atoms with Crippen molar-refractivity contribution in [3.8, 4) is 22.8 Å². The van der Waals surface area contributed by atoms with E-state index in [0.29, 0.717) is 48.6 Å². The molecule has 1 saturated heterocycles. The van der Waals surface area contributed by atoms with E-state index < -0.39 is 90.4 Å². The van der Waals surface area contributed by atoms with Crippen LogP contribution in [-0.4, -0.2) is 131 Å². The largest absolute Gasteiger partial charge is 0.457 e. The number of hydrogen-bond donors (Lipinski definition) is 2. The predicted molar refractivity (Wildman–Crippen MR) is 268 cm³/mol. The molecule has 15 nitrogen and oxygen atoms in total. The van der Waals surface area contributed by atoms with Gasteiger partial charge in [-0.25, -0.2) is 9.37 Å². The standard InChI is InChI=1S/C52H63Cl2F3N8O7/c1-31-50(68)60-42(30-71-7)52(70)62(4)38(22-32-12-17-36(53)18-13-32)26-47(66)59-41-10-8-9-11-43(41)64(6)51(69)35(23-40(55)49(56)57)24-48(67)65(31)28-34-14-19-37(54)25-45(34)72-39-20-15-33(16-21-39)44-27-58-46(63(44)5)29-61(2)3/h12-21,25,27,31,35,38,41-43H,8-11,22-24,26,28-30H2,1-7H3,(H,59,66)(H,60,68)/t31-,35+,38-,41-,42-,43-/m0/s1. The van der Waals surface area contributed by atoms with Crippen LogP contribution in [0.4, 0.5) is 13.2 Å². The van der Waals surface area contributed by atoms with E-state index in [1.54, 1.807) is 54.7 Å². The van der Waals surface area contributed by atoms with Gasteiger partial charge in [0.25, 0.3) is 0 Å². The number of methoxy groups -OCH3 is 1. The molecule has 388 valence electrons. The van der Waals surface area contributed by atoms with Crippen LogP contribution in [0.5, 0.6) is 11.5 Å². The number of aromatic nitrogens is 2. The molecular formula is C52H63Cl2F3N8O7. The van der Waals surface area contributed by atoms with Crippen molar-refractivity contribution >= 4 is 52.7 Å². The lowest BCUT2D eigenvalue weighted by Crippen LogP contribution is -2.58. The molecule has 4 aromatic rings. The molecular weight excluding hydrogens is 977 g/mol. The van der Waals surface area contributed by atoms with Crippen LogP contribution >= 0.6 is 23.2 Å². The van der Waals surface area contributed by atoms with Gasteiger partial charge in [0.1, 0.15) is 29.4 Å². The molecule has 1 saturated carbocycles. The maximum atomic E-state index is 15.1. The van der Waals surface area contributed by atoms with Crippen molar-refractivity contribution in [3.63, 3.8) is 0 Å². The zero-order valence-electron chi connectivity index (χ0n) is 41.6. The van der Waals surface area contributed by atoms with E-state index in [2.05, 4.69) is 15.6 Å². The summed E-state index contributed by atoms with van der Waals surface area (Å²) in [5.41, 5.74) is 2.87. The number of carbonyl (C=O) groups excluding carboxylic acids is 5. The number of ether oxygens (including phenoxy) is 2. The molecule has 72 heavy (non-hydrogen) atoms. The Morgan fingerprint density at radius 2 is 1.53 bits per heavy atom. The van der Waals surface area contributed by atoms with Crippen molar-refractivity contribution in [2.75, 3.05) is 41.9 Å². The molecule has 2 heterocycles. The summed E-state index contributed by atoms with van der Waals surface area (Å²) >= 11 is 12.7. The van der Waals surface area contributed by atoms with Gasteiger partial charge in [-0.15, -0.1) is 0 Å². The monoisotopic (exact) mass is 1040 g/mol. The first-order valence-corrected chi connectivity index (χ1v) is 24.6. The quantitative estimate of drug-likeness (QED) is 0.136. The lowest BCUT2D eigenvalue weighted by Gasteiger charge is -2.40. The highest BCUT2D eigenvalue weighted by molar-refractivity contribution is 6.31. The Morgan fingerprint density at radius 1 is 0.847 bits per heavy atom. The number of rotatable bonds is 13. The SMILES string of the molecule is COC[C@@H]1NC(=O)[C@H](C)N(Cc2ccc(Cl)cc2Oc2ccc(-c3cnc(CN(C)C)n3C)cc2)C(=O)C[C@@H](CC(F)=C(F)F)C(=O)N(C)[C@H]2CCCC[C@@H]2NC(=O)C[C@H](Cc2ccc(Cl)cc2)N(C)C1=O. The van der Waals surface area contributed by atoms with Crippen LogP contribution in [0.15, 0.2) is 84.8 Å². The van der Waals surface area contributed by atoms with Crippen LogP contribution in [0.3, 0.4) is 0 Å². The van der Waals surface area contributed by atoms with Crippen LogP contribution in [0, 0.1) is 5.92 Å². The van der Waals surface area contributed by atoms with E-state index >= 15 is 4.39 Å². The Bertz CT molecular complexity index is 2600. The molecule has 0 radical (unpaired) electrons. The number of halogens is 5. The van der Waals surface area contributed by atoms with Gasteiger partial charge in [-0.2, -0.15) is 8.78 Å². The first-order chi connectivity index (χ1) is 34.2. The Kier molecular flexibility index (Phi) is 19.3. The number of carbonyl (C=O) groups is 5. The summed E-state index contributed by atoms with van der Waals surface area (Å²) in [6.45, 7) is 1.40. The molecule has 2 aliphatic rings. The van der Waals surface area contributed by atoms with Gasteiger partial charge in [-0.05, 0) is 94.4 Å². The number of nitrogens with zero attached hydrogens (tertiary/aromatic N) is 6. The van der Waals surface area contributed by atoms with Gasteiger partial charge in [0.15, 0.2) is 5.83 Å². The van der Waals surface area contributed by atoms with Crippen molar-refractivity contribution in [3.05, 3.63) is 112 Å². The molecule has 0 bridgehead atoms. The summed E-state index contributed by atoms with van der Waals surface area (Å²) in [6, 6.07) is 14.2. The minimum atomic E-state index is -2.64. The van der Waals surface area contributed by atoms with E-state index in [1.165, 1.54) is 44.0 Å². The Balaban J connectivity index is 1.39. The fourth-order valence-electron chi connectivity index (χ4n) is 9.33. The van der Waals surface area contributed by atoms with Crippen molar-refractivity contribution in [1.82, 2.24) is 39.8 Å². The van der Waals surface area contributed by atoms with Crippen molar-refractivity contribution in [2.45, 2.75) is 102 Å². The van der Waals surface area contributed by atoms with Gasteiger partial charge >= 0.3 is 6.08 Å². The Labute approximate surface area is 428 Å². The smallest absolute Gasteiger partial charge is 0.301 e. The number of imidazole rings is 1. The Morgan fingerprint density at radius 3 is 2.19 bits per heavy atom. The summed E-state index contributed by atoms with van der Waals surface area (Å²) in [4.78, 5) is 82.9. The molecule has 0 unspecified atom stereocenters. The second kappa shape index (κ2) is 25.1. The van der Waals surface area contributed by atoms with E-state index in [9.17, 15) is 32.8 Å². The number of fused-ring (bicyclic) bond motifs is 1. The zero-order valence-corrected chi connectivity index (χ0v) is 43.1. The number of allylic oxidation sites excluding steroid dienone is 1. The third-order valence-corrected chi connectivity index (χ3v) is 13.9. The molecule has 5 amide bonds. The van der Waals surface area contributed by atoms with E-state index in [-0.39, 0.29) is 36.8 Å². The number of hydrogen-bond acceptors (Lipinski definition) is 9. The van der Waals surface area contributed by atoms with Gasteiger partial charge in [0.2, 0.25) is 29.5 Å². The number of nitrogens with one attached hydrogen (secondary N) is 2. The highest BCUT2D eigenvalue weighted by atomic mass is 35.5. The maximum absolute atomic E-state index is 15.1. The molecule has 20 heteroatoms. The average molecular weight is 1040 g/mol. The summed E-state index contributed by atoms with van der Waals surface area (Å²) in [5.74, 6) is -5.53. The molecule has 3 aromatic carbocycles. The third-order valence-electron chi connectivity index (χ3n) is 13.4. The van der Waals surface area contributed by atoms with Crippen LogP contribution in [0.2, 0.25) is 10.0 Å². The van der Waals surface area contributed by atoms with Crippen LogP contribution in [0.25, 0.3) is 11.3 Å². The summed E-state index contributed by atoms with van der Waals surface area (Å²) < 4.78 is 56.6. The molecule has 2 fully saturated rings. The Hall–Kier alpha value is -5.95. The predicted octanol–water partition coefficient (Wildman–Crippen LogP) is 7.93. The summed E-state index contributed by atoms with van der Waals surface area (Å²) in [6.07, 6.45) is -0.456. The number of benzene rings is 3. The third kappa shape index (κ3) is 14.2. The van der Waals surface area contributed by atoms with Crippen molar-refractivity contribution in [2.24, 2.45) is 13.0 Å². The van der Waals surface area contributed by atoms with Gasteiger partial charge < -0.3 is 44.3 Å². The highest BCUT2D eigenvalue weighted by Gasteiger charge is 2.40. The van der Waals surface area contributed by atoms with Gasteiger partial charge in [0, 0.05) is 80.8 Å². The normalized spacial score (nSPS) is 22.0. The zero-order chi connectivity index (χ0) is 52.4. The summed E-state index contributed by atoms with van der Waals surface area (Å²) in [7, 11) is 10.2. The molecule has 6 atom stereocenters. The molecule has 2 N–H and O–H groups in total. The minimum Gasteiger partial charge on any atom is -0.457 e. The molecule has 0 spiro atoms. The summed E-state index contributed by atoms with van der Waals surface area (Å²) in [5, 5.41) is 6.56. The highest BCUT2D eigenvalue weighted by Crippen LogP contribution is 2.34. The van der Waals surface area contributed by atoms with Crippen molar-refractivity contribution in [1.29, 1.82) is 0 Å².